The number of benzene rings is 2. The predicted molar refractivity (Wildman–Crippen MR) is 116 cm³/mol. The van der Waals surface area contributed by atoms with Gasteiger partial charge in [-0.15, -0.1) is 0 Å². The highest BCUT2D eigenvalue weighted by Crippen LogP contribution is 2.29. The van der Waals surface area contributed by atoms with Crippen LogP contribution >= 0.6 is 23.4 Å². The Balaban J connectivity index is 1.50. The van der Waals surface area contributed by atoms with Gasteiger partial charge >= 0.3 is 0 Å². The zero-order chi connectivity index (χ0) is 20.5. The van der Waals surface area contributed by atoms with Gasteiger partial charge in [-0.05, 0) is 51.1 Å². The van der Waals surface area contributed by atoms with Crippen molar-refractivity contribution in [3.63, 3.8) is 0 Å². The summed E-state index contributed by atoms with van der Waals surface area (Å²) in [4.78, 5) is 17.2. The van der Waals surface area contributed by atoms with Gasteiger partial charge in [-0.1, -0.05) is 41.6 Å². The molecule has 4 aromatic rings. The number of rotatable bonds is 5. The van der Waals surface area contributed by atoms with Gasteiger partial charge in [0.15, 0.2) is 5.58 Å². The number of oxazole rings is 1. The zero-order valence-corrected chi connectivity index (χ0v) is 17.7. The molecule has 148 valence electrons. The molecule has 2 aromatic heterocycles. The van der Waals surface area contributed by atoms with Crippen molar-refractivity contribution in [2.45, 2.75) is 31.2 Å². The minimum atomic E-state index is -0.405. The number of thioether (sulfide) groups is 1. The molecule has 0 saturated heterocycles. The molecule has 6 nitrogen and oxygen atoms in total. The Morgan fingerprint density at radius 3 is 2.72 bits per heavy atom. The molecule has 29 heavy (non-hydrogen) atoms. The number of hydrogen-bond donors (Lipinski definition) is 1. The third kappa shape index (κ3) is 4.02. The van der Waals surface area contributed by atoms with Crippen LogP contribution in [-0.4, -0.2) is 25.9 Å². The molecule has 0 saturated carbocycles. The molecule has 8 heteroatoms. The third-order valence-electron chi connectivity index (χ3n) is 4.52. The normalized spacial score (nSPS) is 12.3. The number of carbonyl (C=O) groups excluding carboxylic acids is 1. The lowest BCUT2D eigenvalue weighted by molar-refractivity contribution is -0.115. The van der Waals surface area contributed by atoms with Crippen molar-refractivity contribution < 1.29 is 9.21 Å². The highest BCUT2D eigenvalue weighted by atomic mass is 35.5. The number of fused-ring (bicyclic) bond motifs is 1. The molecule has 1 unspecified atom stereocenters. The molecule has 0 aliphatic heterocycles. The standard InChI is InChI=1S/C21H19ClN4O2S/c1-12-19(13(2)26(25-12)16-7-5-4-6-8-16)24-20(27)14(3)29-21-23-17-11-15(22)9-10-18(17)28-21/h4-11,14H,1-3H3,(H,24,27). The summed E-state index contributed by atoms with van der Waals surface area (Å²) in [6.45, 7) is 5.63. The van der Waals surface area contributed by atoms with Crippen molar-refractivity contribution in [2.75, 3.05) is 5.32 Å². The zero-order valence-electron chi connectivity index (χ0n) is 16.1. The maximum Gasteiger partial charge on any atom is 0.257 e. The van der Waals surface area contributed by atoms with E-state index in [0.29, 0.717) is 21.3 Å². The fourth-order valence-electron chi connectivity index (χ4n) is 3.00. The first-order chi connectivity index (χ1) is 13.9. The third-order valence-corrected chi connectivity index (χ3v) is 5.70. The summed E-state index contributed by atoms with van der Waals surface area (Å²) in [5, 5.41) is 8.18. The highest BCUT2D eigenvalue weighted by Gasteiger charge is 2.21. The predicted octanol–water partition coefficient (Wildman–Crippen LogP) is 5.40. The summed E-state index contributed by atoms with van der Waals surface area (Å²) >= 11 is 7.25. The minimum absolute atomic E-state index is 0.144. The average molecular weight is 427 g/mol. The molecule has 1 N–H and O–H groups in total. The van der Waals surface area contributed by atoms with Gasteiger partial charge in [-0.3, -0.25) is 4.79 Å². The monoisotopic (exact) mass is 426 g/mol. The van der Waals surface area contributed by atoms with Crippen LogP contribution in [0.4, 0.5) is 5.69 Å². The number of nitrogens with zero attached hydrogens (tertiary/aromatic N) is 3. The van der Waals surface area contributed by atoms with Gasteiger partial charge in [0.05, 0.1) is 28.0 Å². The van der Waals surface area contributed by atoms with Crippen LogP contribution < -0.4 is 5.32 Å². The van der Waals surface area contributed by atoms with Gasteiger partial charge < -0.3 is 9.73 Å². The van der Waals surface area contributed by atoms with Crippen molar-refractivity contribution >= 4 is 46.1 Å². The first kappa shape index (κ1) is 19.5. The number of anilines is 1. The van der Waals surface area contributed by atoms with Crippen LogP contribution in [0.1, 0.15) is 18.3 Å². The fraction of sp³-hybridized carbons (Fsp3) is 0.190. The smallest absolute Gasteiger partial charge is 0.257 e. The van der Waals surface area contributed by atoms with Crippen molar-refractivity contribution in [3.8, 4) is 5.69 Å². The summed E-state index contributed by atoms with van der Waals surface area (Å²) in [7, 11) is 0. The van der Waals surface area contributed by atoms with Crippen LogP contribution in [0, 0.1) is 13.8 Å². The molecule has 4 rings (SSSR count). The van der Waals surface area contributed by atoms with Crippen LogP contribution in [0.5, 0.6) is 0 Å². The molecule has 0 fully saturated rings. The highest BCUT2D eigenvalue weighted by molar-refractivity contribution is 8.00. The Morgan fingerprint density at radius 2 is 1.97 bits per heavy atom. The lowest BCUT2D eigenvalue weighted by Crippen LogP contribution is -2.23. The lowest BCUT2D eigenvalue weighted by Gasteiger charge is -2.11. The number of nitrogens with one attached hydrogen (secondary N) is 1. The lowest BCUT2D eigenvalue weighted by atomic mass is 10.3. The second-order valence-corrected chi connectivity index (χ2v) is 8.36. The number of para-hydroxylation sites is 1. The van der Waals surface area contributed by atoms with Crippen molar-refractivity contribution in [2.24, 2.45) is 0 Å². The SMILES string of the molecule is Cc1nn(-c2ccccc2)c(C)c1NC(=O)C(C)Sc1nc2cc(Cl)ccc2o1. The number of aryl methyl sites for hydroxylation is 1. The Morgan fingerprint density at radius 1 is 1.21 bits per heavy atom. The Bertz CT molecular complexity index is 1190. The summed E-state index contributed by atoms with van der Waals surface area (Å²) in [5.74, 6) is -0.144. The topological polar surface area (TPSA) is 73.0 Å². The van der Waals surface area contributed by atoms with Gasteiger partial charge in [0.25, 0.3) is 5.22 Å². The largest absolute Gasteiger partial charge is 0.431 e. The minimum Gasteiger partial charge on any atom is -0.431 e. The summed E-state index contributed by atoms with van der Waals surface area (Å²) in [6.07, 6.45) is 0. The van der Waals surface area contributed by atoms with Crippen molar-refractivity contribution in [3.05, 3.63) is 64.9 Å². The molecule has 2 heterocycles. The van der Waals surface area contributed by atoms with E-state index in [1.807, 2.05) is 55.8 Å². The van der Waals surface area contributed by atoms with Crippen molar-refractivity contribution in [1.82, 2.24) is 14.8 Å². The van der Waals surface area contributed by atoms with Crippen molar-refractivity contribution in [1.29, 1.82) is 0 Å². The molecule has 1 atom stereocenters. The van der Waals surface area contributed by atoms with E-state index in [1.165, 1.54) is 11.8 Å². The molecule has 1 amide bonds. The van der Waals surface area contributed by atoms with E-state index in [4.69, 9.17) is 16.0 Å². The van der Waals surface area contributed by atoms with E-state index in [2.05, 4.69) is 15.4 Å². The maximum absolute atomic E-state index is 12.8. The van der Waals surface area contributed by atoms with Gasteiger partial charge in [-0.2, -0.15) is 5.10 Å². The molecule has 0 spiro atoms. The van der Waals surface area contributed by atoms with E-state index in [1.54, 1.807) is 18.2 Å². The molecular weight excluding hydrogens is 408 g/mol. The quantitative estimate of drug-likeness (QED) is 0.432. The Kier molecular flexibility index (Phi) is 5.34. The average Bonchev–Trinajstić information content (AvgIpc) is 3.23. The van der Waals surface area contributed by atoms with Crippen LogP contribution in [0.15, 0.2) is 58.2 Å². The number of amides is 1. The number of aromatic nitrogens is 3. The van der Waals surface area contributed by atoms with Crippen LogP contribution in [-0.2, 0) is 4.79 Å². The summed E-state index contributed by atoms with van der Waals surface area (Å²) in [6, 6.07) is 15.1. The van der Waals surface area contributed by atoms with Gasteiger partial charge in [0.2, 0.25) is 5.91 Å². The van der Waals surface area contributed by atoms with Gasteiger partial charge in [0, 0.05) is 5.02 Å². The van der Waals surface area contributed by atoms with E-state index in [9.17, 15) is 4.79 Å². The van der Waals surface area contributed by atoms with Crippen LogP contribution in [0.3, 0.4) is 0 Å². The number of halogens is 1. The van der Waals surface area contributed by atoms with E-state index in [0.717, 1.165) is 22.8 Å². The maximum atomic E-state index is 12.8. The van der Waals surface area contributed by atoms with Gasteiger partial charge in [-0.25, -0.2) is 9.67 Å². The molecule has 0 bridgehead atoms. The summed E-state index contributed by atoms with van der Waals surface area (Å²) in [5.41, 5.74) is 4.60. The molecule has 0 aliphatic carbocycles. The molecular formula is C21H19ClN4O2S. The fourth-order valence-corrected chi connectivity index (χ4v) is 3.93. The molecule has 0 aliphatic rings. The number of hydrogen-bond acceptors (Lipinski definition) is 5. The first-order valence-corrected chi connectivity index (χ1v) is 10.3. The Labute approximate surface area is 177 Å². The molecule has 2 aromatic carbocycles. The second kappa shape index (κ2) is 7.93. The first-order valence-electron chi connectivity index (χ1n) is 9.07. The van der Waals surface area contributed by atoms with Crippen LogP contribution in [0.25, 0.3) is 16.8 Å². The van der Waals surface area contributed by atoms with E-state index >= 15 is 0 Å². The second-order valence-electron chi connectivity index (χ2n) is 6.63. The van der Waals surface area contributed by atoms with Crippen LogP contribution in [0.2, 0.25) is 5.02 Å². The van der Waals surface area contributed by atoms with Gasteiger partial charge in [0.1, 0.15) is 5.52 Å². The van der Waals surface area contributed by atoms with E-state index in [-0.39, 0.29) is 5.91 Å². The molecule has 0 radical (unpaired) electrons. The Hall–Kier alpha value is -2.77. The summed E-state index contributed by atoms with van der Waals surface area (Å²) < 4.78 is 7.53. The van der Waals surface area contributed by atoms with E-state index < -0.39 is 5.25 Å². The number of carbonyl (C=O) groups is 1.